The predicted octanol–water partition coefficient (Wildman–Crippen LogP) is 13.6. The molecule has 9 aromatic carbocycles. The molecule has 0 aromatic heterocycles. The van der Waals surface area contributed by atoms with E-state index in [0.717, 1.165) is 17.1 Å². The third kappa shape index (κ3) is 5.42. The maximum atomic E-state index is 2.39. The van der Waals surface area contributed by atoms with Gasteiger partial charge in [-0.1, -0.05) is 152 Å². The van der Waals surface area contributed by atoms with Gasteiger partial charge in [-0.25, -0.2) is 0 Å². The summed E-state index contributed by atoms with van der Waals surface area (Å²) < 4.78 is 0. The van der Waals surface area contributed by atoms with Crippen LogP contribution in [0.4, 0.5) is 17.1 Å². The molecule has 0 saturated carbocycles. The fourth-order valence-electron chi connectivity index (χ4n) is 7.20. The number of fused-ring (bicyclic) bond motifs is 4. The standard InChI is InChI=1S/C48H33N/c1-2-13-34(14-3-1)37-18-10-21-42(30-37)49(43-22-11-19-38(31-43)39-28-27-35-15-4-5-16-36(35)29-39)44-23-12-20-40(32-44)48-33-41-17-6-7-24-45(41)46-25-8-9-26-47(46)48/h1-33H. The Balaban J connectivity index is 1.22. The second-order valence-electron chi connectivity index (χ2n) is 12.6. The fourth-order valence-corrected chi connectivity index (χ4v) is 7.20. The zero-order chi connectivity index (χ0) is 32.6. The zero-order valence-corrected chi connectivity index (χ0v) is 27.0. The lowest BCUT2D eigenvalue weighted by molar-refractivity contribution is 1.28. The molecule has 0 atom stereocenters. The molecule has 1 nitrogen and oxygen atoms in total. The summed E-state index contributed by atoms with van der Waals surface area (Å²) in [6, 6.07) is 72.5. The first-order valence-corrected chi connectivity index (χ1v) is 16.8. The van der Waals surface area contributed by atoms with Crippen molar-refractivity contribution in [2.75, 3.05) is 4.90 Å². The maximum absolute atomic E-state index is 2.39. The average molecular weight is 624 g/mol. The van der Waals surface area contributed by atoms with Crippen molar-refractivity contribution in [3.05, 3.63) is 200 Å². The van der Waals surface area contributed by atoms with Gasteiger partial charge in [-0.2, -0.15) is 0 Å². The van der Waals surface area contributed by atoms with Crippen molar-refractivity contribution in [1.82, 2.24) is 0 Å². The van der Waals surface area contributed by atoms with Gasteiger partial charge in [-0.05, 0) is 114 Å². The number of hydrogen-bond donors (Lipinski definition) is 0. The molecule has 0 aliphatic carbocycles. The number of rotatable bonds is 6. The highest BCUT2D eigenvalue weighted by Gasteiger charge is 2.17. The van der Waals surface area contributed by atoms with Crippen molar-refractivity contribution in [3.8, 4) is 33.4 Å². The van der Waals surface area contributed by atoms with Crippen molar-refractivity contribution >= 4 is 49.4 Å². The van der Waals surface area contributed by atoms with Gasteiger partial charge in [0, 0.05) is 17.1 Å². The number of nitrogens with zero attached hydrogens (tertiary/aromatic N) is 1. The summed E-state index contributed by atoms with van der Waals surface area (Å²) in [5.74, 6) is 0. The Morgan fingerprint density at radius 1 is 0.245 bits per heavy atom. The molecular formula is C48H33N. The Morgan fingerprint density at radius 2 is 0.735 bits per heavy atom. The van der Waals surface area contributed by atoms with E-state index in [1.54, 1.807) is 0 Å². The van der Waals surface area contributed by atoms with Crippen LogP contribution in [-0.4, -0.2) is 0 Å². The summed E-state index contributed by atoms with van der Waals surface area (Å²) in [5, 5.41) is 7.55. The lowest BCUT2D eigenvalue weighted by Gasteiger charge is -2.27. The summed E-state index contributed by atoms with van der Waals surface area (Å²) in [6.45, 7) is 0. The van der Waals surface area contributed by atoms with Crippen LogP contribution in [0.5, 0.6) is 0 Å². The minimum Gasteiger partial charge on any atom is -0.310 e. The third-order valence-electron chi connectivity index (χ3n) is 9.58. The molecular weight excluding hydrogens is 591 g/mol. The van der Waals surface area contributed by atoms with Crippen molar-refractivity contribution < 1.29 is 0 Å². The normalized spacial score (nSPS) is 11.3. The lowest BCUT2D eigenvalue weighted by Crippen LogP contribution is -2.10. The molecule has 0 bridgehead atoms. The first kappa shape index (κ1) is 28.8. The van der Waals surface area contributed by atoms with Gasteiger partial charge in [0.2, 0.25) is 0 Å². The van der Waals surface area contributed by atoms with Gasteiger partial charge in [0.15, 0.2) is 0 Å². The minimum absolute atomic E-state index is 1.11. The van der Waals surface area contributed by atoms with Crippen LogP contribution in [0.1, 0.15) is 0 Å². The highest BCUT2D eigenvalue weighted by atomic mass is 15.1. The summed E-state index contributed by atoms with van der Waals surface area (Å²) >= 11 is 0. The van der Waals surface area contributed by atoms with E-state index in [0.29, 0.717) is 0 Å². The van der Waals surface area contributed by atoms with E-state index >= 15 is 0 Å². The Morgan fingerprint density at radius 3 is 1.45 bits per heavy atom. The fraction of sp³-hybridized carbons (Fsp3) is 0. The molecule has 0 N–H and O–H groups in total. The van der Waals surface area contributed by atoms with E-state index in [-0.39, 0.29) is 0 Å². The van der Waals surface area contributed by atoms with Gasteiger partial charge in [-0.3, -0.25) is 0 Å². The Labute approximate surface area is 287 Å². The van der Waals surface area contributed by atoms with E-state index < -0.39 is 0 Å². The second-order valence-corrected chi connectivity index (χ2v) is 12.6. The maximum Gasteiger partial charge on any atom is 0.0467 e. The summed E-state index contributed by atoms with van der Waals surface area (Å²) in [7, 11) is 0. The molecule has 0 heterocycles. The Hall–Kier alpha value is -6.44. The van der Waals surface area contributed by atoms with Crippen molar-refractivity contribution in [1.29, 1.82) is 0 Å². The Kier molecular flexibility index (Phi) is 7.22. The van der Waals surface area contributed by atoms with Crippen molar-refractivity contribution in [2.45, 2.75) is 0 Å². The van der Waals surface area contributed by atoms with E-state index in [1.807, 2.05) is 0 Å². The lowest BCUT2D eigenvalue weighted by atomic mass is 9.93. The van der Waals surface area contributed by atoms with Gasteiger partial charge in [0.05, 0.1) is 0 Å². The van der Waals surface area contributed by atoms with Crippen LogP contribution in [0.2, 0.25) is 0 Å². The Bertz CT molecular complexity index is 2620. The van der Waals surface area contributed by atoms with Crippen molar-refractivity contribution in [2.24, 2.45) is 0 Å². The van der Waals surface area contributed by atoms with E-state index in [1.165, 1.54) is 65.7 Å². The van der Waals surface area contributed by atoms with Crippen LogP contribution in [0, 0.1) is 0 Å². The molecule has 0 radical (unpaired) electrons. The average Bonchev–Trinajstić information content (AvgIpc) is 3.18. The van der Waals surface area contributed by atoms with E-state index in [2.05, 4.69) is 205 Å². The molecule has 1 heteroatoms. The molecule has 230 valence electrons. The molecule has 0 aliphatic heterocycles. The highest BCUT2D eigenvalue weighted by Crippen LogP contribution is 2.41. The molecule has 0 amide bonds. The molecule has 0 fully saturated rings. The molecule has 0 aliphatic rings. The van der Waals surface area contributed by atoms with Crippen LogP contribution >= 0.6 is 0 Å². The first-order valence-electron chi connectivity index (χ1n) is 16.8. The molecule has 49 heavy (non-hydrogen) atoms. The number of anilines is 3. The quantitative estimate of drug-likeness (QED) is 0.167. The van der Waals surface area contributed by atoms with Crippen LogP contribution in [0.25, 0.3) is 65.7 Å². The zero-order valence-electron chi connectivity index (χ0n) is 27.0. The smallest absolute Gasteiger partial charge is 0.0467 e. The van der Waals surface area contributed by atoms with Crippen molar-refractivity contribution in [3.63, 3.8) is 0 Å². The first-order chi connectivity index (χ1) is 24.3. The topological polar surface area (TPSA) is 3.24 Å². The van der Waals surface area contributed by atoms with Crippen LogP contribution < -0.4 is 4.90 Å². The van der Waals surface area contributed by atoms with Crippen LogP contribution in [0.3, 0.4) is 0 Å². The molecule has 0 spiro atoms. The molecule has 9 rings (SSSR count). The third-order valence-corrected chi connectivity index (χ3v) is 9.58. The summed E-state index contributed by atoms with van der Waals surface area (Å²) in [6.07, 6.45) is 0. The van der Waals surface area contributed by atoms with Gasteiger partial charge in [0.25, 0.3) is 0 Å². The largest absolute Gasteiger partial charge is 0.310 e. The van der Waals surface area contributed by atoms with Crippen LogP contribution in [0.15, 0.2) is 200 Å². The molecule has 9 aromatic rings. The predicted molar refractivity (Wildman–Crippen MR) is 210 cm³/mol. The monoisotopic (exact) mass is 623 g/mol. The van der Waals surface area contributed by atoms with Crippen LogP contribution in [-0.2, 0) is 0 Å². The SMILES string of the molecule is c1ccc(-c2cccc(N(c3cccc(-c4ccc5ccccc5c4)c3)c3cccc(-c4cc5ccccc5c5ccccc45)c3)c2)cc1. The number of hydrogen-bond acceptors (Lipinski definition) is 1. The summed E-state index contributed by atoms with van der Waals surface area (Å²) in [4.78, 5) is 2.39. The van der Waals surface area contributed by atoms with E-state index in [9.17, 15) is 0 Å². The van der Waals surface area contributed by atoms with Gasteiger partial charge in [-0.15, -0.1) is 0 Å². The highest BCUT2D eigenvalue weighted by molar-refractivity contribution is 6.14. The van der Waals surface area contributed by atoms with E-state index in [4.69, 9.17) is 0 Å². The molecule has 0 unspecified atom stereocenters. The van der Waals surface area contributed by atoms with Gasteiger partial charge < -0.3 is 4.90 Å². The van der Waals surface area contributed by atoms with Gasteiger partial charge in [0.1, 0.15) is 0 Å². The molecule has 0 saturated heterocycles. The summed E-state index contributed by atoms with van der Waals surface area (Å²) in [5.41, 5.74) is 10.5. The minimum atomic E-state index is 1.11. The van der Waals surface area contributed by atoms with Gasteiger partial charge >= 0.3 is 0 Å². The second kappa shape index (κ2) is 12.3. The number of benzene rings is 9.